The van der Waals surface area contributed by atoms with E-state index in [1.807, 2.05) is 48.5 Å². The fourth-order valence-corrected chi connectivity index (χ4v) is 1.74. The average molecular weight is 235 g/mol. The molecule has 0 aliphatic rings. The second-order valence-corrected chi connectivity index (χ2v) is 3.74. The lowest BCUT2D eigenvalue weighted by atomic mass is 10.0. The SMILES string of the molecule is CN/N=C(\c1ccccc1)c1cccc(C#N)c1. The maximum Gasteiger partial charge on any atom is 0.0991 e. The van der Waals surface area contributed by atoms with Crippen LogP contribution in [0.1, 0.15) is 16.7 Å². The number of benzene rings is 2. The second kappa shape index (κ2) is 5.65. The molecule has 1 N–H and O–H groups in total. The molecule has 0 aliphatic heterocycles. The lowest BCUT2D eigenvalue weighted by molar-refractivity contribution is 0.901. The van der Waals surface area contributed by atoms with E-state index in [1.165, 1.54) is 0 Å². The molecule has 2 aromatic carbocycles. The summed E-state index contributed by atoms with van der Waals surface area (Å²) in [5.74, 6) is 0. The van der Waals surface area contributed by atoms with Gasteiger partial charge in [0.1, 0.15) is 0 Å². The highest BCUT2D eigenvalue weighted by Crippen LogP contribution is 2.12. The maximum atomic E-state index is 8.94. The van der Waals surface area contributed by atoms with Crippen LogP contribution < -0.4 is 5.43 Å². The monoisotopic (exact) mass is 235 g/mol. The Balaban J connectivity index is 2.50. The molecule has 0 fully saturated rings. The van der Waals surface area contributed by atoms with Gasteiger partial charge in [0.15, 0.2) is 0 Å². The van der Waals surface area contributed by atoms with Gasteiger partial charge in [-0.2, -0.15) is 10.4 Å². The van der Waals surface area contributed by atoms with E-state index in [-0.39, 0.29) is 0 Å². The van der Waals surface area contributed by atoms with Crippen molar-refractivity contribution in [3.05, 3.63) is 71.3 Å². The fraction of sp³-hybridized carbons (Fsp3) is 0.0667. The number of rotatable bonds is 3. The molecule has 3 nitrogen and oxygen atoms in total. The summed E-state index contributed by atoms with van der Waals surface area (Å²) in [5, 5.41) is 13.2. The summed E-state index contributed by atoms with van der Waals surface area (Å²) in [6.07, 6.45) is 0. The smallest absolute Gasteiger partial charge is 0.0991 e. The van der Waals surface area contributed by atoms with Crippen LogP contribution in [-0.2, 0) is 0 Å². The van der Waals surface area contributed by atoms with E-state index in [2.05, 4.69) is 16.6 Å². The van der Waals surface area contributed by atoms with Gasteiger partial charge in [-0.1, -0.05) is 42.5 Å². The molecule has 0 spiro atoms. The Morgan fingerprint density at radius 1 is 1.06 bits per heavy atom. The van der Waals surface area contributed by atoms with Crippen molar-refractivity contribution in [2.75, 3.05) is 7.05 Å². The fourth-order valence-electron chi connectivity index (χ4n) is 1.74. The van der Waals surface area contributed by atoms with E-state index in [9.17, 15) is 0 Å². The molecule has 3 heteroatoms. The van der Waals surface area contributed by atoms with Crippen LogP contribution in [0, 0.1) is 11.3 Å². The molecule has 0 unspecified atom stereocenters. The zero-order valence-electron chi connectivity index (χ0n) is 10.1. The Morgan fingerprint density at radius 2 is 1.78 bits per heavy atom. The Morgan fingerprint density at radius 3 is 2.44 bits per heavy atom. The van der Waals surface area contributed by atoms with Crippen molar-refractivity contribution in [2.24, 2.45) is 5.10 Å². The van der Waals surface area contributed by atoms with Gasteiger partial charge in [-0.05, 0) is 12.1 Å². The minimum atomic E-state index is 0.632. The van der Waals surface area contributed by atoms with Gasteiger partial charge in [0, 0.05) is 18.2 Å². The lowest BCUT2D eigenvalue weighted by Gasteiger charge is -2.07. The van der Waals surface area contributed by atoms with Crippen molar-refractivity contribution in [1.29, 1.82) is 5.26 Å². The van der Waals surface area contributed by atoms with E-state index < -0.39 is 0 Å². The highest BCUT2D eigenvalue weighted by atomic mass is 15.3. The van der Waals surface area contributed by atoms with Gasteiger partial charge in [-0.3, -0.25) is 0 Å². The van der Waals surface area contributed by atoms with Crippen molar-refractivity contribution >= 4 is 5.71 Å². The van der Waals surface area contributed by atoms with Crippen LogP contribution in [-0.4, -0.2) is 12.8 Å². The van der Waals surface area contributed by atoms with Gasteiger partial charge in [0.2, 0.25) is 0 Å². The number of nitrogens with zero attached hydrogens (tertiary/aromatic N) is 2. The van der Waals surface area contributed by atoms with Crippen LogP contribution in [0.15, 0.2) is 59.7 Å². The van der Waals surface area contributed by atoms with Crippen LogP contribution in [0.25, 0.3) is 0 Å². The molecule has 0 atom stereocenters. The van der Waals surface area contributed by atoms with Crippen molar-refractivity contribution in [3.8, 4) is 6.07 Å². The van der Waals surface area contributed by atoms with Crippen molar-refractivity contribution in [1.82, 2.24) is 5.43 Å². The first-order valence-electron chi connectivity index (χ1n) is 5.65. The van der Waals surface area contributed by atoms with Crippen LogP contribution in [0.5, 0.6) is 0 Å². The molecule has 88 valence electrons. The lowest BCUT2D eigenvalue weighted by Crippen LogP contribution is -2.09. The number of nitriles is 1. The molecular weight excluding hydrogens is 222 g/mol. The van der Waals surface area contributed by atoms with Gasteiger partial charge in [-0.15, -0.1) is 0 Å². The van der Waals surface area contributed by atoms with Gasteiger partial charge in [-0.25, -0.2) is 0 Å². The van der Waals surface area contributed by atoms with E-state index in [4.69, 9.17) is 5.26 Å². The molecule has 2 aromatic rings. The molecular formula is C15H13N3. The van der Waals surface area contributed by atoms with Gasteiger partial charge in [0.05, 0.1) is 17.3 Å². The Labute approximate surface area is 106 Å². The topological polar surface area (TPSA) is 48.2 Å². The molecule has 0 aromatic heterocycles. The molecule has 0 aliphatic carbocycles. The Bertz CT molecular complexity index is 595. The molecule has 0 amide bonds. The third-order valence-electron chi connectivity index (χ3n) is 2.54. The minimum Gasteiger partial charge on any atom is -0.313 e. The summed E-state index contributed by atoms with van der Waals surface area (Å²) in [6, 6.07) is 19.5. The average Bonchev–Trinajstić information content (AvgIpc) is 2.46. The van der Waals surface area contributed by atoms with Crippen LogP contribution >= 0.6 is 0 Å². The van der Waals surface area contributed by atoms with E-state index in [0.717, 1.165) is 16.8 Å². The molecule has 0 bridgehead atoms. The maximum absolute atomic E-state index is 8.94. The third-order valence-corrected chi connectivity index (χ3v) is 2.54. The molecule has 2 rings (SSSR count). The van der Waals surface area contributed by atoms with Crippen LogP contribution in [0.2, 0.25) is 0 Å². The Kier molecular flexibility index (Phi) is 3.72. The number of hydrogen-bond acceptors (Lipinski definition) is 3. The third kappa shape index (κ3) is 2.55. The zero-order valence-corrected chi connectivity index (χ0v) is 10.1. The second-order valence-electron chi connectivity index (χ2n) is 3.74. The predicted octanol–water partition coefficient (Wildman–Crippen LogP) is 2.53. The number of hydrogen-bond donors (Lipinski definition) is 1. The van der Waals surface area contributed by atoms with Crippen LogP contribution in [0.4, 0.5) is 0 Å². The summed E-state index contributed by atoms with van der Waals surface area (Å²) in [7, 11) is 1.76. The summed E-state index contributed by atoms with van der Waals surface area (Å²) in [5.41, 5.74) is 6.21. The highest BCUT2D eigenvalue weighted by molar-refractivity contribution is 6.12. The van der Waals surface area contributed by atoms with Gasteiger partial charge >= 0.3 is 0 Å². The standard InChI is InChI=1S/C15H13N3/c1-17-18-15(13-7-3-2-4-8-13)14-9-5-6-12(10-14)11-16/h2-10,17H,1H3/b18-15+. The Hall–Kier alpha value is -2.60. The van der Waals surface area contributed by atoms with Crippen molar-refractivity contribution < 1.29 is 0 Å². The first-order chi connectivity index (χ1) is 8.85. The van der Waals surface area contributed by atoms with E-state index in [1.54, 1.807) is 13.1 Å². The summed E-state index contributed by atoms with van der Waals surface area (Å²) >= 11 is 0. The molecule has 0 saturated carbocycles. The van der Waals surface area contributed by atoms with Gasteiger partial charge < -0.3 is 5.43 Å². The normalized spacial score (nSPS) is 10.8. The van der Waals surface area contributed by atoms with Gasteiger partial charge in [0.25, 0.3) is 0 Å². The first kappa shape index (κ1) is 11.9. The largest absolute Gasteiger partial charge is 0.313 e. The van der Waals surface area contributed by atoms with E-state index >= 15 is 0 Å². The number of nitrogens with one attached hydrogen (secondary N) is 1. The molecule has 0 radical (unpaired) electrons. The number of hydrazone groups is 1. The summed E-state index contributed by atoms with van der Waals surface area (Å²) in [4.78, 5) is 0. The summed E-state index contributed by atoms with van der Waals surface area (Å²) in [6.45, 7) is 0. The van der Waals surface area contributed by atoms with Crippen molar-refractivity contribution in [2.45, 2.75) is 0 Å². The highest BCUT2D eigenvalue weighted by Gasteiger charge is 2.07. The first-order valence-corrected chi connectivity index (χ1v) is 5.65. The molecule has 0 heterocycles. The quantitative estimate of drug-likeness (QED) is 0.656. The summed E-state index contributed by atoms with van der Waals surface area (Å²) < 4.78 is 0. The zero-order chi connectivity index (χ0) is 12.8. The minimum absolute atomic E-state index is 0.632. The van der Waals surface area contributed by atoms with Crippen molar-refractivity contribution in [3.63, 3.8) is 0 Å². The van der Waals surface area contributed by atoms with E-state index in [0.29, 0.717) is 5.56 Å². The molecule has 0 saturated heterocycles. The van der Waals surface area contributed by atoms with Crippen LogP contribution in [0.3, 0.4) is 0 Å². The predicted molar refractivity (Wildman–Crippen MR) is 72.3 cm³/mol. The molecule has 18 heavy (non-hydrogen) atoms.